The Morgan fingerprint density at radius 2 is 2.12 bits per heavy atom. The van der Waals surface area contributed by atoms with Crippen LogP contribution in [0.15, 0.2) is 18.2 Å². The van der Waals surface area contributed by atoms with Gasteiger partial charge in [-0.25, -0.2) is 13.6 Å². The molecule has 0 fully saturated rings. The standard InChI is InChI=1S/C11H17N3O2S/c12-10-3-4-11-9(8-10)2-1-5-14(11)6-7-17(13,15)16/h3-4,8H,1-2,5-7,12H2,(H2,13,15,16). The maximum atomic E-state index is 11.0. The molecule has 0 saturated carbocycles. The highest BCUT2D eigenvalue weighted by Crippen LogP contribution is 2.28. The predicted octanol–water partition coefficient (Wildman–Crippen LogP) is 0.310. The number of hydrogen-bond acceptors (Lipinski definition) is 4. The smallest absolute Gasteiger partial charge is 0.210 e. The van der Waals surface area contributed by atoms with Gasteiger partial charge in [0.05, 0.1) is 5.75 Å². The van der Waals surface area contributed by atoms with Crippen LogP contribution in [0.4, 0.5) is 11.4 Å². The number of anilines is 2. The molecule has 1 heterocycles. The van der Waals surface area contributed by atoms with Crippen LogP contribution in [0.2, 0.25) is 0 Å². The summed E-state index contributed by atoms with van der Waals surface area (Å²) in [7, 11) is -3.40. The van der Waals surface area contributed by atoms with Crippen molar-refractivity contribution in [3.63, 3.8) is 0 Å². The second-order valence-corrected chi connectivity index (χ2v) is 6.08. The van der Waals surface area contributed by atoms with Gasteiger partial charge >= 0.3 is 0 Å². The number of hydrogen-bond donors (Lipinski definition) is 2. The summed E-state index contributed by atoms with van der Waals surface area (Å²) in [5.74, 6) is -0.0170. The van der Waals surface area contributed by atoms with Crippen molar-refractivity contribution in [1.82, 2.24) is 0 Å². The van der Waals surface area contributed by atoms with E-state index in [4.69, 9.17) is 10.9 Å². The van der Waals surface area contributed by atoms with Crippen LogP contribution >= 0.6 is 0 Å². The Kier molecular flexibility index (Phi) is 3.26. The number of sulfonamides is 1. The summed E-state index contributed by atoms with van der Waals surface area (Å²) < 4.78 is 21.9. The van der Waals surface area contributed by atoms with Crippen molar-refractivity contribution in [2.24, 2.45) is 5.14 Å². The summed E-state index contributed by atoms with van der Waals surface area (Å²) in [5, 5.41) is 5.02. The quantitative estimate of drug-likeness (QED) is 0.761. The third-order valence-corrected chi connectivity index (χ3v) is 3.72. The first kappa shape index (κ1) is 12.2. The second-order valence-electron chi connectivity index (χ2n) is 4.35. The van der Waals surface area contributed by atoms with Crippen molar-refractivity contribution in [1.29, 1.82) is 0 Å². The Morgan fingerprint density at radius 3 is 2.82 bits per heavy atom. The number of primary sulfonamides is 1. The van der Waals surface area contributed by atoms with Crippen LogP contribution in [0.1, 0.15) is 12.0 Å². The van der Waals surface area contributed by atoms with E-state index in [0.717, 1.165) is 30.8 Å². The van der Waals surface area contributed by atoms with Gasteiger partial charge in [0.2, 0.25) is 10.0 Å². The lowest BCUT2D eigenvalue weighted by Crippen LogP contribution is -2.35. The zero-order valence-corrected chi connectivity index (χ0v) is 10.4. The van der Waals surface area contributed by atoms with E-state index >= 15 is 0 Å². The van der Waals surface area contributed by atoms with Crippen LogP contribution in [-0.4, -0.2) is 27.3 Å². The maximum absolute atomic E-state index is 11.0. The average molecular weight is 255 g/mol. The van der Waals surface area contributed by atoms with E-state index in [1.54, 1.807) is 0 Å². The molecule has 0 bridgehead atoms. The molecule has 94 valence electrons. The van der Waals surface area contributed by atoms with Gasteiger partial charge in [-0.1, -0.05) is 0 Å². The van der Waals surface area contributed by atoms with Gasteiger partial charge in [-0.05, 0) is 36.6 Å². The van der Waals surface area contributed by atoms with Crippen LogP contribution in [0.25, 0.3) is 0 Å². The van der Waals surface area contributed by atoms with Crippen molar-refractivity contribution < 1.29 is 8.42 Å². The Morgan fingerprint density at radius 1 is 1.35 bits per heavy atom. The molecule has 0 aliphatic carbocycles. The van der Waals surface area contributed by atoms with Gasteiger partial charge in [0.15, 0.2) is 0 Å². The molecule has 5 nitrogen and oxygen atoms in total. The average Bonchev–Trinajstić information content (AvgIpc) is 2.24. The van der Waals surface area contributed by atoms with Crippen LogP contribution in [0.5, 0.6) is 0 Å². The molecule has 0 atom stereocenters. The monoisotopic (exact) mass is 255 g/mol. The number of benzene rings is 1. The van der Waals surface area contributed by atoms with Crippen LogP contribution in [0.3, 0.4) is 0 Å². The van der Waals surface area contributed by atoms with Crippen LogP contribution in [-0.2, 0) is 16.4 Å². The molecule has 0 spiro atoms. The maximum Gasteiger partial charge on any atom is 0.210 e. The van der Waals surface area contributed by atoms with E-state index in [9.17, 15) is 8.42 Å². The summed E-state index contributed by atoms with van der Waals surface area (Å²) >= 11 is 0. The molecule has 0 saturated heterocycles. The van der Waals surface area contributed by atoms with E-state index in [-0.39, 0.29) is 5.75 Å². The predicted molar refractivity (Wildman–Crippen MR) is 69.4 cm³/mol. The fourth-order valence-corrected chi connectivity index (χ4v) is 2.64. The number of fused-ring (bicyclic) bond motifs is 1. The third-order valence-electron chi connectivity index (χ3n) is 2.96. The summed E-state index contributed by atoms with van der Waals surface area (Å²) in [5.41, 5.74) is 8.75. The lowest BCUT2D eigenvalue weighted by Gasteiger charge is -2.31. The first-order valence-corrected chi connectivity index (χ1v) is 7.31. The lowest BCUT2D eigenvalue weighted by atomic mass is 10.0. The fourth-order valence-electron chi connectivity index (χ4n) is 2.16. The number of nitrogens with two attached hydrogens (primary N) is 2. The van der Waals surface area contributed by atoms with Crippen molar-refractivity contribution in [3.8, 4) is 0 Å². The molecule has 1 aromatic rings. The minimum atomic E-state index is -3.40. The molecule has 4 N–H and O–H groups in total. The molecular weight excluding hydrogens is 238 g/mol. The van der Waals surface area contributed by atoms with E-state index in [0.29, 0.717) is 6.54 Å². The van der Waals surface area contributed by atoms with Gasteiger partial charge in [0.1, 0.15) is 0 Å². The summed E-state index contributed by atoms with van der Waals surface area (Å²) in [6.07, 6.45) is 2.01. The molecule has 0 aromatic heterocycles. The third kappa shape index (κ3) is 3.10. The zero-order valence-electron chi connectivity index (χ0n) is 9.59. The molecule has 0 amide bonds. The molecule has 0 unspecified atom stereocenters. The van der Waals surface area contributed by atoms with Gasteiger partial charge in [-0.2, -0.15) is 0 Å². The molecule has 6 heteroatoms. The normalized spacial score (nSPS) is 15.7. The molecule has 17 heavy (non-hydrogen) atoms. The number of aryl methyl sites for hydroxylation is 1. The Labute approximate surface area is 101 Å². The minimum absolute atomic E-state index is 0.0170. The Hall–Kier alpha value is -1.27. The van der Waals surface area contributed by atoms with Crippen molar-refractivity contribution in [2.45, 2.75) is 12.8 Å². The highest BCUT2D eigenvalue weighted by atomic mass is 32.2. The zero-order chi connectivity index (χ0) is 12.5. The van der Waals surface area contributed by atoms with Gasteiger partial charge < -0.3 is 10.6 Å². The fraction of sp³-hybridized carbons (Fsp3) is 0.455. The molecular formula is C11H17N3O2S. The SMILES string of the molecule is Nc1ccc2c(c1)CCCN2CCS(N)(=O)=O. The highest BCUT2D eigenvalue weighted by molar-refractivity contribution is 7.89. The molecule has 1 aliphatic heterocycles. The van der Waals surface area contributed by atoms with E-state index in [1.807, 2.05) is 18.2 Å². The molecule has 1 aromatic carbocycles. The van der Waals surface area contributed by atoms with Gasteiger partial charge in [0.25, 0.3) is 0 Å². The number of rotatable bonds is 3. The minimum Gasteiger partial charge on any atom is -0.399 e. The lowest BCUT2D eigenvalue weighted by molar-refractivity contribution is 0.594. The Balaban J connectivity index is 2.17. The summed E-state index contributed by atoms with van der Waals surface area (Å²) in [4.78, 5) is 2.06. The van der Waals surface area contributed by atoms with Gasteiger partial charge in [-0.3, -0.25) is 0 Å². The molecule has 1 aliphatic rings. The van der Waals surface area contributed by atoms with Crippen molar-refractivity contribution >= 4 is 21.4 Å². The molecule has 2 rings (SSSR count). The Bertz CT molecular complexity index is 513. The van der Waals surface area contributed by atoms with Crippen LogP contribution in [0, 0.1) is 0 Å². The summed E-state index contributed by atoms with van der Waals surface area (Å²) in [6, 6.07) is 5.75. The largest absolute Gasteiger partial charge is 0.399 e. The van der Waals surface area contributed by atoms with Crippen molar-refractivity contribution in [3.05, 3.63) is 23.8 Å². The number of nitrogen functional groups attached to an aromatic ring is 1. The van der Waals surface area contributed by atoms with Crippen molar-refractivity contribution in [2.75, 3.05) is 29.5 Å². The van der Waals surface area contributed by atoms with E-state index in [1.165, 1.54) is 5.56 Å². The molecule has 0 radical (unpaired) electrons. The number of nitrogens with zero attached hydrogens (tertiary/aromatic N) is 1. The van der Waals surface area contributed by atoms with E-state index < -0.39 is 10.0 Å². The topological polar surface area (TPSA) is 89.4 Å². The van der Waals surface area contributed by atoms with E-state index in [2.05, 4.69) is 4.90 Å². The van der Waals surface area contributed by atoms with Gasteiger partial charge in [0, 0.05) is 24.5 Å². The summed E-state index contributed by atoms with van der Waals surface area (Å²) in [6.45, 7) is 1.31. The first-order chi connectivity index (χ1) is 7.96. The van der Waals surface area contributed by atoms with Gasteiger partial charge in [-0.15, -0.1) is 0 Å². The van der Waals surface area contributed by atoms with Crippen LogP contribution < -0.4 is 15.8 Å². The second kappa shape index (κ2) is 4.54. The highest BCUT2D eigenvalue weighted by Gasteiger charge is 2.18. The first-order valence-electron chi connectivity index (χ1n) is 5.59.